The van der Waals surface area contributed by atoms with Crippen molar-refractivity contribution >= 4 is 15.3 Å². The van der Waals surface area contributed by atoms with E-state index in [2.05, 4.69) is 35.8 Å². The van der Waals surface area contributed by atoms with Gasteiger partial charge in [-0.25, -0.2) is 0 Å². The van der Waals surface area contributed by atoms with Gasteiger partial charge < -0.3 is 14.4 Å². The molecule has 1 atom stereocenters. The first-order valence-electron chi connectivity index (χ1n) is 8.35. The molecule has 2 aliphatic heterocycles. The van der Waals surface area contributed by atoms with Crippen molar-refractivity contribution in [1.82, 2.24) is 4.90 Å². The molecule has 0 bridgehead atoms. The van der Waals surface area contributed by atoms with Gasteiger partial charge in [-0.2, -0.15) is 10.0 Å². The summed E-state index contributed by atoms with van der Waals surface area (Å²) < 4.78 is 11.3. The van der Waals surface area contributed by atoms with Gasteiger partial charge in [0.05, 0.1) is 13.2 Å². The van der Waals surface area contributed by atoms with Gasteiger partial charge in [0.1, 0.15) is 0 Å². The zero-order valence-corrected chi connectivity index (χ0v) is 15.1. The fraction of sp³-hybridized carbons (Fsp3) is 0.824. The molecule has 5 heteroatoms. The molecule has 1 fully saturated rings. The van der Waals surface area contributed by atoms with Crippen molar-refractivity contribution in [1.29, 1.82) is 0 Å². The Hall–Kier alpha value is -0.520. The summed E-state index contributed by atoms with van der Waals surface area (Å²) in [7, 11) is -1.21. The molecule has 0 unspecified atom stereocenters. The first kappa shape index (κ1) is 17.8. The SMILES string of the molecule is CS(C)(C)C(=O)N1CCC/C=C\C[C@@H]1CCC1OCCCO1. The Bertz CT molecular complexity index is 386. The minimum Gasteiger partial charge on any atom is -0.353 e. The highest BCUT2D eigenvalue weighted by Crippen LogP contribution is 2.40. The third-order valence-electron chi connectivity index (χ3n) is 4.18. The van der Waals surface area contributed by atoms with Gasteiger partial charge in [-0.05, 0) is 50.9 Å². The van der Waals surface area contributed by atoms with Gasteiger partial charge >= 0.3 is 0 Å². The highest BCUT2D eigenvalue weighted by atomic mass is 32.3. The van der Waals surface area contributed by atoms with Gasteiger partial charge in [0.15, 0.2) is 6.29 Å². The van der Waals surface area contributed by atoms with Crippen molar-refractivity contribution in [3.05, 3.63) is 12.2 Å². The fourth-order valence-corrected chi connectivity index (χ4v) is 3.90. The molecule has 22 heavy (non-hydrogen) atoms. The lowest BCUT2D eigenvalue weighted by Crippen LogP contribution is -2.42. The van der Waals surface area contributed by atoms with E-state index < -0.39 is 10.0 Å². The Morgan fingerprint density at radius 2 is 1.86 bits per heavy atom. The van der Waals surface area contributed by atoms with Gasteiger partial charge in [-0.1, -0.05) is 12.2 Å². The van der Waals surface area contributed by atoms with Gasteiger partial charge in [-0.3, -0.25) is 4.79 Å². The molecule has 2 heterocycles. The predicted octanol–water partition coefficient (Wildman–Crippen LogP) is 3.75. The maximum atomic E-state index is 12.8. The van der Waals surface area contributed by atoms with Gasteiger partial charge in [-0.15, -0.1) is 0 Å². The minimum atomic E-state index is -1.21. The molecular weight excluding hydrogens is 298 g/mol. The maximum Gasteiger partial charge on any atom is 0.263 e. The van der Waals surface area contributed by atoms with Crippen LogP contribution in [-0.4, -0.2) is 61.0 Å². The summed E-state index contributed by atoms with van der Waals surface area (Å²) in [6.07, 6.45) is 16.6. The Kier molecular flexibility index (Phi) is 6.78. The monoisotopic (exact) mass is 329 g/mol. The number of amides is 1. The molecule has 0 aromatic carbocycles. The smallest absolute Gasteiger partial charge is 0.263 e. The summed E-state index contributed by atoms with van der Waals surface area (Å²) in [6.45, 7) is 2.47. The van der Waals surface area contributed by atoms with Crippen molar-refractivity contribution < 1.29 is 14.3 Å². The second kappa shape index (κ2) is 8.37. The molecule has 0 radical (unpaired) electrons. The zero-order chi connectivity index (χ0) is 16.0. The Labute approximate surface area is 136 Å². The van der Waals surface area contributed by atoms with Crippen LogP contribution in [0.3, 0.4) is 0 Å². The van der Waals surface area contributed by atoms with Crippen molar-refractivity contribution in [2.45, 2.75) is 50.9 Å². The van der Waals surface area contributed by atoms with E-state index in [9.17, 15) is 4.79 Å². The number of allylic oxidation sites excluding steroid dienone is 1. The maximum absolute atomic E-state index is 12.8. The molecule has 0 N–H and O–H groups in total. The fourth-order valence-electron chi connectivity index (χ4n) is 2.96. The van der Waals surface area contributed by atoms with Gasteiger partial charge in [0, 0.05) is 19.0 Å². The largest absolute Gasteiger partial charge is 0.353 e. The quantitative estimate of drug-likeness (QED) is 0.740. The van der Waals surface area contributed by atoms with Crippen molar-refractivity contribution in [2.24, 2.45) is 0 Å². The van der Waals surface area contributed by atoms with E-state index in [4.69, 9.17) is 9.47 Å². The standard InChI is InChI=1S/C17H31NO3S/c1-22(2,3)17(19)18-12-7-5-4-6-9-15(18)10-11-16-20-13-8-14-21-16/h4,6,15-16H,5,7-14H2,1-3H3/b6-4-/t15-/m1/s1. The molecule has 1 saturated heterocycles. The van der Waals surface area contributed by atoms with Gasteiger partial charge in [0.2, 0.25) is 0 Å². The highest BCUT2D eigenvalue weighted by molar-refractivity contribution is 8.43. The second-order valence-electron chi connectivity index (χ2n) is 6.90. The third kappa shape index (κ3) is 5.28. The summed E-state index contributed by atoms with van der Waals surface area (Å²) in [5, 5.41) is 0.346. The lowest BCUT2D eigenvalue weighted by atomic mass is 10.0. The van der Waals surface area contributed by atoms with Crippen LogP contribution in [0.1, 0.15) is 38.5 Å². The van der Waals surface area contributed by atoms with Crippen LogP contribution in [0.5, 0.6) is 0 Å². The predicted molar refractivity (Wildman–Crippen MR) is 93.8 cm³/mol. The summed E-state index contributed by atoms with van der Waals surface area (Å²) in [6, 6.07) is 0.282. The lowest BCUT2D eigenvalue weighted by Gasteiger charge is -2.39. The second-order valence-corrected chi connectivity index (χ2v) is 10.9. The summed E-state index contributed by atoms with van der Waals surface area (Å²) in [5.74, 6) is 0. The van der Waals surface area contributed by atoms with Crippen molar-refractivity contribution in [3.8, 4) is 0 Å². The van der Waals surface area contributed by atoms with Crippen LogP contribution in [0, 0.1) is 0 Å². The number of rotatable bonds is 3. The van der Waals surface area contributed by atoms with Crippen LogP contribution in [0.25, 0.3) is 0 Å². The topological polar surface area (TPSA) is 38.8 Å². The molecule has 0 aliphatic carbocycles. The van der Waals surface area contributed by atoms with Crippen molar-refractivity contribution in [3.63, 3.8) is 0 Å². The molecule has 2 aliphatic rings. The van der Waals surface area contributed by atoms with Crippen LogP contribution >= 0.6 is 10.0 Å². The molecule has 0 spiro atoms. The van der Waals surface area contributed by atoms with Crippen LogP contribution < -0.4 is 0 Å². The Morgan fingerprint density at radius 1 is 1.14 bits per heavy atom. The average molecular weight is 330 g/mol. The number of carbonyl (C=O) groups is 1. The van der Waals surface area contributed by atoms with E-state index in [0.717, 1.165) is 58.3 Å². The number of ether oxygens (including phenoxy) is 2. The van der Waals surface area contributed by atoms with E-state index >= 15 is 0 Å². The molecule has 4 nitrogen and oxygen atoms in total. The number of hydrogen-bond donors (Lipinski definition) is 0. The molecule has 1 amide bonds. The van der Waals surface area contributed by atoms with Crippen LogP contribution in [-0.2, 0) is 9.47 Å². The van der Waals surface area contributed by atoms with E-state index in [0.29, 0.717) is 5.24 Å². The summed E-state index contributed by atoms with van der Waals surface area (Å²) in [5.41, 5.74) is 0. The van der Waals surface area contributed by atoms with Crippen molar-refractivity contribution in [2.75, 3.05) is 38.5 Å². The van der Waals surface area contributed by atoms with E-state index in [1.165, 1.54) is 0 Å². The average Bonchev–Trinajstić information content (AvgIpc) is 2.46. The van der Waals surface area contributed by atoms with Crippen LogP contribution in [0.4, 0.5) is 4.79 Å². The molecule has 0 saturated carbocycles. The molecule has 0 aromatic heterocycles. The lowest BCUT2D eigenvalue weighted by molar-refractivity contribution is -0.182. The number of carbonyl (C=O) groups excluding carboxylic acids is 1. The minimum absolute atomic E-state index is 0.0814. The molecule has 2 rings (SSSR count). The Balaban J connectivity index is 1.99. The normalized spacial score (nSPS) is 27.0. The van der Waals surface area contributed by atoms with E-state index in [1.807, 2.05) is 0 Å². The molecule has 128 valence electrons. The van der Waals surface area contributed by atoms with E-state index in [-0.39, 0.29) is 12.3 Å². The molecule has 0 aromatic rings. The molecular formula is C17H31NO3S. The Morgan fingerprint density at radius 3 is 2.55 bits per heavy atom. The van der Waals surface area contributed by atoms with E-state index in [1.54, 1.807) is 0 Å². The van der Waals surface area contributed by atoms with Crippen LogP contribution in [0.2, 0.25) is 0 Å². The summed E-state index contributed by atoms with van der Waals surface area (Å²) >= 11 is 0. The third-order valence-corrected chi connectivity index (χ3v) is 5.46. The number of hydrogen-bond acceptors (Lipinski definition) is 3. The zero-order valence-electron chi connectivity index (χ0n) is 14.3. The van der Waals surface area contributed by atoms with Crippen LogP contribution in [0.15, 0.2) is 12.2 Å². The first-order valence-corrected chi connectivity index (χ1v) is 11.2. The first-order chi connectivity index (χ1) is 10.5. The highest BCUT2D eigenvalue weighted by Gasteiger charge is 2.29. The number of nitrogens with zero attached hydrogens (tertiary/aromatic N) is 1. The van der Waals surface area contributed by atoms with Gasteiger partial charge in [0.25, 0.3) is 5.24 Å². The summed E-state index contributed by atoms with van der Waals surface area (Å²) in [4.78, 5) is 15.0.